The maximum absolute atomic E-state index is 5.46. The quantitative estimate of drug-likeness (QED) is 0.762. The number of ether oxygens (including phenoxy) is 1. The minimum absolute atomic E-state index is 0.672. The summed E-state index contributed by atoms with van der Waals surface area (Å²) in [6.07, 6.45) is 6.61. The van der Waals surface area contributed by atoms with Crippen LogP contribution in [0, 0.1) is 0 Å². The van der Waals surface area contributed by atoms with Gasteiger partial charge in [-0.15, -0.1) is 0 Å². The van der Waals surface area contributed by atoms with Crippen LogP contribution >= 0.6 is 0 Å². The Morgan fingerprint density at radius 2 is 2.07 bits per heavy atom. The number of hydrogen-bond donors (Lipinski definition) is 1. The van der Waals surface area contributed by atoms with Gasteiger partial charge in [-0.3, -0.25) is 4.90 Å². The van der Waals surface area contributed by atoms with Crippen molar-refractivity contribution in [3.05, 3.63) is 0 Å². The molecule has 2 rings (SSSR count). The van der Waals surface area contributed by atoms with Crippen LogP contribution in [0.3, 0.4) is 0 Å². The highest BCUT2D eigenvalue weighted by molar-refractivity contribution is 4.86. The number of nitrogens with one attached hydrogen (secondary N) is 1. The summed E-state index contributed by atoms with van der Waals surface area (Å²) in [5.74, 6) is 0. The number of nitrogens with zero attached hydrogens (tertiary/aromatic N) is 1. The van der Waals surface area contributed by atoms with E-state index in [1.807, 2.05) is 0 Å². The third-order valence-corrected chi connectivity index (χ3v) is 4.11. The molecule has 3 atom stereocenters. The monoisotopic (exact) mass is 212 g/mol. The molecule has 3 unspecified atom stereocenters. The lowest BCUT2D eigenvalue weighted by Gasteiger charge is -2.38. The molecule has 2 fully saturated rings. The van der Waals surface area contributed by atoms with Gasteiger partial charge in [-0.1, -0.05) is 6.42 Å². The van der Waals surface area contributed by atoms with Crippen LogP contribution in [0.2, 0.25) is 0 Å². The smallest absolute Gasteiger partial charge is 0.0622 e. The standard InChI is InChI=1S/C12H24N2O/c1-13-10-4-3-5-11(8-10)14(2)12-6-7-15-9-12/h10-13H,3-9H2,1-2H3. The van der Waals surface area contributed by atoms with Gasteiger partial charge in [0.2, 0.25) is 0 Å². The zero-order chi connectivity index (χ0) is 10.7. The molecular formula is C12H24N2O. The molecule has 3 heteroatoms. The molecule has 0 amide bonds. The maximum Gasteiger partial charge on any atom is 0.0622 e. The van der Waals surface area contributed by atoms with Gasteiger partial charge in [0.15, 0.2) is 0 Å². The first-order valence-corrected chi connectivity index (χ1v) is 6.28. The van der Waals surface area contributed by atoms with E-state index in [1.165, 1.54) is 32.1 Å². The highest BCUT2D eigenvalue weighted by atomic mass is 16.5. The van der Waals surface area contributed by atoms with Crippen LogP contribution < -0.4 is 5.32 Å². The minimum Gasteiger partial charge on any atom is -0.380 e. The van der Waals surface area contributed by atoms with Crippen molar-refractivity contribution in [3.8, 4) is 0 Å². The molecule has 0 aromatic rings. The summed E-state index contributed by atoms with van der Waals surface area (Å²) in [7, 11) is 4.37. The molecule has 1 N–H and O–H groups in total. The van der Waals surface area contributed by atoms with Gasteiger partial charge in [-0.05, 0) is 39.8 Å². The van der Waals surface area contributed by atoms with Crippen LogP contribution in [-0.2, 0) is 4.74 Å². The zero-order valence-corrected chi connectivity index (χ0v) is 10.0. The molecule has 3 nitrogen and oxygen atoms in total. The summed E-state index contributed by atoms with van der Waals surface area (Å²) < 4.78 is 5.46. The fourth-order valence-corrected chi connectivity index (χ4v) is 2.94. The van der Waals surface area contributed by atoms with Crippen molar-refractivity contribution >= 4 is 0 Å². The molecule has 0 aromatic carbocycles. The first kappa shape index (κ1) is 11.4. The lowest BCUT2D eigenvalue weighted by Crippen LogP contribution is -2.46. The van der Waals surface area contributed by atoms with Crippen LogP contribution in [0.25, 0.3) is 0 Å². The summed E-state index contributed by atoms with van der Waals surface area (Å²) in [5.41, 5.74) is 0. The van der Waals surface area contributed by atoms with E-state index in [9.17, 15) is 0 Å². The fourth-order valence-electron chi connectivity index (χ4n) is 2.94. The van der Waals surface area contributed by atoms with Gasteiger partial charge < -0.3 is 10.1 Å². The highest BCUT2D eigenvalue weighted by Gasteiger charge is 2.29. The van der Waals surface area contributed by atoms with E-state index < -0.39 is 0 Å². The third kappa shape index (κ3) is 2.71. The minimum atomic E-state index is 0.672. The summed E-state index contributed by atoms with van der Waals surface area (Å²) in [4.78, 5) is 2.57. The second kappa shape index (κ2) is 5.28. The number of rotatable bonds is 3. The predicted molar refractivity (Wildman–Crippen MR) is 62.1 cm³/mol. The number of likely N-dealkylation sites (N-methyl/N-ethyl adjacent to an activating group) is 1. The van der Waals surface area contributed by atoms with Crippen molar-refractivity contribution in [3.63, 3.8) is 0 Å². The van der Waals surface area contributed by atoms with E-state index in [-0.39, 0.29) is 0 Å². The Hall–Kier alpha value is -0.120. The van der Waals surface area contributed by atoms with E-state index in [0.717, 1.165) is 25.3 Å². The van der Waals surface area contributed by atoms with Gasteiger partial charge in [-0.2, -0.15) is 0 Å². The predicted octanol–water partition coefficient (Wildman–Crippen LogP) is 1.24. The number of hydrogen-bond acceptors (Lipinski definition) is 3. The van der Waals surface area contributed by atoms with Gasteiger partial charge in [0.25, 0.3) is 0 Å². The van der Waals surface area contributed by atoms with Crippen LogP contribution in [-0.4, -0.2) is 50.3 Å². The molecular weight excluding hydrogens is 188 g/mol. The van der Waals surface area contributed by atoms with E-state index in [1.54, 1.807) is 0 Å². The average Bonchev–Trinajstić information content (AvgIpc) is 2.81. The topological polar surface area (TPSA) is 24.5 Å². The van der Waals surface area contributed by atoms with Gasteiger partial charge in [-0.25, -0.2) is 0 Å². The summed E-state index contributed by atoms with van der Waals surface area (Å²) in [6, 6.07) is 2.17. The first-order chi connectivity index (χ1) is 7.31. The SMILES string of the molecule is CNC1CCCC(N(C)C2CCOC2)C1. The van der Waals surface area contributed by atoms with Crippen molar-refractivity contribution in [2.45, 2.75) is 50.2 Å². The molecule has 0 radical (unpaired) electrons. The zero-order valence-electron chi connectivity index (χ0n) is 10.0. The van der Waals surface area contributed by atoms with Crippen molar-refractivity contribution in [2.75, 3.05) is 27.3 Å². The second-order valence-corrected chi connectivity index (χ2v) is 4.99. The normalized spacial score (nSPS) is 37.4. The van der Waals surface area contributed by atoms with Crippen LogP contribution in [0.15, 0.2) is 0 Å². The van der Waals surface area contributed by atoms with Crippen molar-refractivity contribution in [2.24, 2.45) is 0 Å². The molecule has 1 saturated heterocycles. The lowest BCUT2D eigenvalue weighted by molar-refractivity contribution is 0.105. The van der Waals surface area contributed by atoms with E-state index in [4.69, 9.17) is 4.74 Å². The molecule has 1 saturated carbocycles. The van der Waals surface area contributed by atoms with E-state index >= 15 is 0 Å². The molecule has 1 heterocycles. The molecule has 1 aliphatic carbocycles. The first-order valence-electron chi connectivity index (χ1n) is 6.28. The fraction of sp³-hybridized carbons (Fsp3) is 1.00. The van der Waals surface area contributed by atoms with Crippen LogP contribution in [0.1, 0.15) is 32.1 Å². The second-order valence-electron chi connectivity index (χ2n) is 4.99. The molecule has 0 aromatic heterocycles. The Morgan fingerprint density at radius 1 is 1.20 bits per heavy atom. The summed E-state index contributed by atoms with van der Waals surface area (Å²) in [5, 5.41) is 3.42. The third-order valence-electron chi connectivity index (χ3n) is 4.11. The van der Waals surface area contributed by atoms with E-state index in [0.29, 0.717) is 6.04 Å². The molecule has 1 aliphatic heterocycles. The largest absolute Gasteiger partial charge is 0.380 e. The molecule has 15 heavy (non-hydrogen) atoms. The summed E-state index contributed by atoms with van der Waals surface area (Å²) in [6.45, 7) is 1.90. The molecule has 0 bridgehead atoms. The Labute approximate surface area is 93.2 Å². The van der Waals surface area contributed by atoms with Crippen LogP contribution in [0.4, 0.5) is 0 Å². The van der Waals surface area contributed by atoms with Crippen molar-refractivity contribution in [1.29, 1.82) is 0 Å². The van der Waals surface area contributed by atoms with Crippen molar-refractivity contribution < 1.29 is 4.74 Å². The Bertz CT molecular complexity index is 192. The van der Waals surface area contributed by atoms with E-state index in [2.05, 4.69) is 24.3 Å². The highest BCUT2D eigenvalue weighted by Crippen LogP contribution is 2.25. The average molecular weight is 212 g/mol. The Balaban J connectivity index is 1.85. The maximum atomic E-state index is 5.46. The summed E-state index contributed by atoms with van der Waals surface area (Å²) >= 11 is 0. The van der Waals surface area contributed by atoms with Gasteiger partial charge >= 0.3 is 0 Å². The van der Waals surface area contributed by atoms with Gasteiger partial charge in [0.1, 0.15) is 0 Å². The van der Waals surface area contributed by atoms with Crippen molar-refractivity contribution in [1.82, 2.24) is 10.2 Å². The van der Waals surface area contributed by atoms with Gasteiger partial charge in [0, 0.05) is 24.7 Å². The molecule has 88 valence electrons. The molecule has 2 aliphatic rings. The molecule has 0 spiro atoms. The Kier molecular flexibility index (Phi) is 4.00. The van der Waals surface area contributed by atoms with Gasteiger partial charge in [0.05, 0.1) is 6.61 Å². The Morgan fingerprint density at radius 3 is 2.73 bits per heavy atom. The van der Waals surface area contributed by atoms with Crippen LogP contribution in [0.5, 0.6) is 0 Å². The lowest BCUT2D eigenvalue weighted by atomic mass is 9.89.